The van der Waals surface area contributed by atoms with E-state index in [1.54, 1.807) is 6.21 Å². The van der Waals surface area contributed by atoms with Crippen LogP contribution in [0.1, 0.15) is 22.5 Å². The second kappa shape index (κ2) is 6.01. The largest absolute Gasteiger partial charge is 0.350 e. The minimum Gasteiger partial charge on any atom is -0.350 e. The summed E-state index contributed by atoms with van der Waals surface area (Å²) < 4.78 is 2.08. The summed E-state index contributed by atoms with van der Waals surface area (Å²) in [5.41, 5.74) is 12.1. The summed E-state index contributed by atoms with van der Waals surface area (Å²) in [6.07, 6.45) is 1.57. The normalized spacial score (nSPS) is 11.0. The number of benzene rings is 1. The molecule has 1 aromatic heterocycles. The molecule has 5 nitrogen and oxygen atoms in total. The Labute approximate surface area is 128 Å². The van der Waals surface area contributed by atoms with Gasteiger partial charge in [0.25, 0.3) is 0 Å². The van der Waals surface area contributed by atoms with Crippen molar-refractivity contribution in [3.8, 4) is 5.69 Å². The lowest BCUT2D eigenvalue weighted by atomic mass is 10.2. The molecule has 3 N–H and O–H groups in total. The third-order valence-electron chi connectivity index (χ3n) is 3.26. The Balaban J connectivity index is 2.41. The van der Waals surface area contributed by atoms with E-state index in [1.807, 2.05) is 45.0 Å². The highest BCUT2D eigenvalue weighted by molar-refractivity contribution is 6.31. The Morgan fingerprint density at radius 2 is 2.05 bits per heavy atom. The Hall–Kier alpha value is -2.27. The van der Waals surface area contributed by atoms with Gasteiger partial charge in [0.05, 0.1) is 6.21 Å². The van der Waals surface area contributed by atoms with Gasteiger partial charge in [-0.15, -0.1) is 0 Å². The first-order valence-corrected chi connectivity index (χ1v) is 6.82. The van der Waals surface area contributed by atoms with Crippen LogP contribution < -0.4 is 11.2 Å². The van der Waals surface area contributed by atoms with Crippen molar-refractivity contribution in [2.75, 3.05) is 0 Å². The highest BCUT2D eigenvalue weighted by atomic mass is 35.5. The van der Waals surface area contributed by atoms with Crippen molar-refractivity contribution < 1.29 is 4.79 Å². The second-order valence-corrected chi connectivity index (χ2v) is 5.24. The van der Waals surface area contributed by atoms with Crippen molar-refractivity contribution >= 4 is 23.8 Å². The first-order chi connectivity index (χ1) is 9.90. The quantitative estimate of drug-likeness (QED) is 0.664. The van der Waals surface area contributed by atoms with Gasteiger partial charge in [0, 0.05) is 27.7 Å². The standard InChI is InChI=1S/C15H17ClN4O/c1-9-4-5-13(7-14(9)16)20-10(2)6-12(11(20)3)8-18-19-15(17)21/h4-8H,1-3H3,(H3,17,19,21)/b18-8-. The number of aromatic nitrogens is 1. The van der Waals surface area contributed by atoms with Crippen molar-refractivity contribution in [1.82, 2.24) is 9.99 Å². The highest BCUT2D eigenvalue weighted by Crippen LogP contribution is 2.24. The number of carbonyl (C=O) groups excluding carboxylic acids is 1. The zero-order valence-electron chi connectivity index (χ0n) is 12.1. The van der Waals surface area contributed by atoms with Gasteiger partial charge in [0.2, 0.25) is 0 Å². The van der Waals surface area contributed by atoms with E-state index in [2.05, 4.69) is 15.1 Å². The van der Waals surface area contributed by atoms with E-state index in [4.69, 9.17) is 17.3 Å². The number of hydrogen-bond acceptors (Lipinski definition) is 2. The molecule has 0 spiro atoms. The van der Waals surface area contributed by atoms with Gasteiger partial charge in [-0.2, -0.15) is 5.10 Å². The first-order valence-electron chi connectivity index (χ1n) is 6.44. The second-order valence-electron chi connectivity index (χ2n) is 4.83. The topological polar surface area (TPSA) is 72.4 Å². The zero-order valence-corrected chi connectivity index (χ0v) is 12.9. The fourth-order valence-electron chi connectivity index (χ4n) is 2.20. The van der Waals surface area contributed by atoms with Gasteiger partial charge in [-0.3, -0.25) is 0 Å². The van der Waals surface area contributed by atoms with Gasteiger partial charge >= 0.3 is 6.03 Å². The Kier molecular flexibility index (Phi) is 4.33. The number of rotatable bonds is 3. The van der Waals surface area contributed by atoms with Crippen LogP contribution in [0.15, 0.2) is 29.4 Å². The van der Waals surface area contributed by atoms with Crippen LogP contribution in [0, 0.1) is 20.8 Å². The lowest BCUT2D eigenvalue weighted by molar-refractivity contribution is 0.249. The molecule has 0 bridgehead atoms. The van der Waals surface area contributed by atoms with Crippen LogP contribution in [-0.4, -0.2) is 16.8 Å². The number of urea groups is 1. The lowest BCUT2D eigenvalue weighted by Crippen LogP contribution is -2.24. The molecule has 6 heteroatoms. The SMILES string of the molecule is Cc1ccc(-n2c(C)cc(/C=N\NC(N)=O)c2C)cc1Cl. The molecule has 0 saturated heterocycles. The Morgan fingerprint density at radius 1 is 1.33 bits per heavy atom. The van der Waals surface area contributed by atoms with E-state index in [0.717, 1.165) is 33.2 Å². The minimum atomic E-state index is -0.689. The van der Waals surface area contributed by atoms with Crippen molar-refractivity contribution in [2.24, 2.45) is 10.8 Å². The molecule has 110 valence electrons. The summed E-state index contributed by atoms with van der Waals surface area (Å²) in [6.45, 7) is 5.95. The summed E-state index contributed by atoms with van der Waals surface area (Å²) in [5, 5.41) is 4.52. The van der Waals surface area contributed by atoms with E-state index >= 15 is 0 Å². The summed E-state index contributed by atoms with van der Waals surface area (Å²) in [5.74, 6) is 0. The summed E-state index contributed by atoms with van der Waals surface area (Å²) in [4.78, 5) is 10.6. The van der Waals surface area contributed by atoms with E-state index in [0.29, 0.717) is 0 Å². The molecular formula is C15H17ClN4O. The summed E-state index contributed by atoms with van der Waals surface area (Å²) in [7, 11) is 0. The van der Waals surface area contributed by atoms with Crippen LogP contribution in [0.2, 0.25) is 5.02 Å². The number of nitrogens with zero attached hydrogens (tertiary/aromatic N) is 2. The average Bonchev–Trinajstić information content (AvgIpc) is 2.68. The van der Waals surface area contributed by atoms with Crippen LogP contribution in [0.25, 0.3) is 5.69 Å². The maximum atomic E-state index is 10.6. The number of nitrogens with two attached hydrogens (primary N) is 1. The van der Waals surface area contributed by atoms with Crippen molar-refractivity contribution in [3.05, 3.63) is 51.8 Å². The predicted molar refractivity (Wildman–Crippen MR) is 85.3 cm³/mol. The highest BCUT2D eigenvalue weighted by Gasteiger charge is 2.10. The van der Waals surface area contributed by atoms with Crippen molar-refractivity contribution in [1.29, 1.82) is 0 Å². The monoisotopic (exact) mass is 304 g/mol. The van der Waals surface area contributed by atoms with E-state index in [9.17, 15) is 4.79 Å². The molecule has 1 aromatic carbocycles. The van der Waals surface area contributed by atoms with Crippen LogP contribution in [0.5, 0.6) is 0 Å². The fraction of sp³-hybridized carbons (Fsp3) is 0.200. The molecule has 21 heavy (non-hydrogen) atoms. The van der Waals surface area contributed by atoms with E-state index in [-0.39, 0.29) is 0 Å². The molecular weight excluding hydrogens is 288 g/mol. The van der Waals surface area contributed by atoms with Gasteiger partial charge in [0.15, 0.2) is 0 Å². The lowest BCUT2D eigenvalue weighted by Gasteiger charge is -2.11. The minimum absolute atomic E-state index is 0.689. The number of primary amides is 1. The van der Waals surface area contributed by atoms with Gasteiger partial charge in [-0.05, 0) is 44.5 Å². The maximum Gasteiger partial charge on any atom is 0.332 e. The van der Waals surface area contributed by atoms with Crippen molar-refractivity contribution in [3.63, 3.8) is 0 Å². The molecule has 0 fully saturated rings. The molecule has 0 unspecified atom stereocenters. The molecule has 0 atom stereocenters. The molecule has 0 aliphatic rings. The number of aryl methyl sites for hydroxylation is 2. The predicted octanol–water partition coefficient (Wildman–Crippen LogP) is 3.06. The molecule has 0 radical (unpaired) electrons. The summed E-state index contributed by atoms with van der Waals surface area (Å²) >= 11 is 6.19. The Morgan fingerprint density at radius 3 is 2.67 bits per heavy atom. The number of amides is 2. The first kappa shape index (κ1) is 15.1. The number of hydrogen-bond donors (Lipinski definition) is 2. The molecule has 0 aliphatic carbocycles. The molecule has 1 heterocycles. The van der Waals surface area contributed by atoms with Crippen molar-refractivity contribution in [2.45, 2.75) is 20.8 Å². The zero-order chi connectivity index (χ0) is 15.6. The van der Waals surface area contributed by atoms with Gasteiger partial charge in [0.1, 0.15) is 0 Å². The molecule has 0 saturated carbocycles. The molecule has 0 aliphatic heterocycles. The number of nitrogens with one attached hydrogen (secondary N) is 1. The Bertz CT molecular complexity index is 719. The van der Waals surface area contributed by atoms with Gasteiger partial charge in [-0.1, -0.05) is 17.7 Å². The molecule has 2 amide bonds. The van der Waals surface area contributed by atoms with Gasteiger partial charge in [-0.25, -0.2) is 10.2 Å². The third kappa shape index (κ3) is 3.25. The van der Waals surface area contributed by atoms with E-state index in [1.165, 1.54) is 0 Å². The fourth-order valence-corrected chi connectivity index (χ4v) is 2.38. The third-order valence-corrected chi connectivity index (χ3v) is 3.67. The van der Waals surface area contributed by atoms with Crippen LogP contribution >= 0.6 is 11.6 Å². The van der Waals surface area contributed by atoms with Gasteiger partial charge < -0.3 is 10.3 Å². The van der Waals surface area contributed by atoms with Crippen LogP contribution in [-0.2, 0) is 0 Å². The smallest absolute Gasteiger partial charge is 0.332 e. The average molecular weight is 305 g/mol. The number of carbonyl (C=O) groups is 1. The van der Waals surface area contributed by atoms with Crippen LogP contribution in [0.3, 0.4) is 0 Å². The summed E-state index contributed by atoms with van der Waals surface area (Å²) in [6, 6.07) is 7.22. The van der Waals surface area contributed by atoms with Crippen LogP contribution in [0.4, 0.5) is 4.79 Å². The molecule has 2 aromatic rings. The molecule has 2 rings (SSSR count). The van der Waals surface area contributed by atoms with E-state index < -0.39 is 6.03 Å². The maximum absolute atomic E-state index is 10.6. The number of hydrazone groups is 1. The number of halogens is 1.